The van der Waals surface area contributed by atoms with Crippen LogP contribution < -0.4 is 5.73 Å². The highest BCUT2D eigenvalue weighted by atomic mass is 35.5. The van der Waals surface area contributed by atoms with E-state index in [0.717, 1.165) is 0 Å². The van der Waals surface area contributed by atoms with Gasteiger partial charge in [0.15, 0.2) is 0 Å². The minimum atomic E-state index is 0.357. The van der Waals surface area contributed by atoms with Gasteiger partial charge in [0.05, 0.1) is 27.4 Å². The molecule has 1 aromatic carbocycles. The fourth-order valence-electron chi connectivity index (χ4n) is 1.24. The number of halogens is 2. The molecule has 0 saturated heterocycles. The highest BCUT2D eigenvalue weighted by molar-refractivity contribution is 6.37. The zero-order valence-electron chi connectivity index (χ0n) is 8.22. The topological polar surface area (TPSA) is 49.8 Å². The molecule has 0 aliphatic carbocycles. The quantitative estimate of drug-likeness (QED) is 0.804. The zero-order chi connectivity index (χ0) is 11.4. The number of nitrogens with two attached hydrogens (primary N) is 1. The fraction of sp³-hybridized carbons (Fsp3) is 0.182. The van der Waals surface area contributed by atoms with Gasteiger partial charge < -0.3 is 5.73 Å². The van der Waals surface area contributed by atoms with Crippen molar-refractivity contribution in [1.82, 2.24) is 0 Å². The van der Waals surface area contributed by atoms with Crippen LogP contribution in [0.3, 0.4) is 0 Å². The molecular weight excluding hydrogens is 231 g/mol. The molecule has 78 valence electrons. The molecule has 0 heterocycles. The van der Waals surface area contributed by atoms with Crippen LogP contribution in [-0.4, -0.2) is 0 Å². The average molecular weight is 241 g/mol. The Labute approximate surface area is 98.9 Å². The van der Waals surface area contributed by atoms with E-state index in [4.69, 9.17) is 34.2 Å². The Bertz CT molecular complexity index is 424. The van der Waals surface area contributed by atoms with E-state index in [0.29, 0.717) is 33.3 Å². The van der Waals surface area contributed by atoms with Crippen molar-refractivity contribution in [3.05, 3.63) is 39.4 Å². The minimum Gasteiger partial charge on any atom is -0.397 e. The summed E-state index contributed by atoms with van der Waals surface area (Å²) in [5, 5.41) is 9.78. The summed E-state index contributed by atoms with van der Waals surface area (Å²) in [7, 11) is 0. The molecule has 0 aromatic heterocycles. The summed E-state index contributed by atoms with van der Waals surface area (Å²) in [6, 6.07) is 7.17. The van der Waals surface area contributed by atoms with E-state index < -0.39 is 0 Å². The van der Waals surface area contributed by atoms with E-state index in [1.165, 1.54) is 0 Å². The molecule has 0 bridgehead atoms. The van der Waals surface area contributed by atoms with Crippen molar-refractivity contribution in [1.29, 1.82) is 5.26 Å². The molecule has 0 amide bonds. The molecule has 0 fully saturated rings. The van der Waals surface area contributed by atoms with Gasteiger partial charge in [0.1, 0.15) is 0 Å². The van der Waals surface area contributed by atoms with E-state index in [1.807, 2.05) is 13.0 Å². The smallest absolute Gasteiger partial charge is 0.0968 e. The maximum absolute atomic E-state index is 8.87. The Morgan fingerprint density at radius 2 is 1.93 bits per heavy atom. The third-order valence-corrected chi connectivity index (χ3v) is 2.68. The molecule has 0 saturated carbocycles. The van der Waals surface area contributed by atoms with Gasteiger partial charge in [-0.05, 0) is 18.6 Å². The molecule has 0 aliphatic heterocycles. The first-order valence-electron chi connectivity index (χ1n) is 4.44. The highest BCUT2D eigenvalue weighted by Gasteiger charge is 2.11. The molecule has 15 heavy (non-hydrogen) atoms. The normalized spacial score (nSPS) is 11.9. The maximum Gasteiger partial charge on any atom is 0.0968 e. The molecule has 0 aliphatic rings. The molecule has 1 aromatic rings. The Kier molecular flexibility index (Phi) is 4.02. The van der Waals surface area contributed by atoms with Gasteiger partial charge >= 0.3 is 0 Å². The summed E-state index contributed by atoms with van der Waals surface area (Å²) in [6.07, 6.45) is 0.559. The molecule has 0 spiro atoms. The van der Waals surface area contributed by atoms with Gasteiger partial charge in [0, 0.05) is 5.56 Å². The highest BCUT2D eigenvalue weighted by Crippen LogP contribution is 2.30. The van der Waals surface area contributed by atoms with Crippen LogP contribution in [0.1, 0.15) is 18.9 Å². The lowest BCUT2D eigenvalue weighted by molar-refractivity contribution is 1.14. The second kappa shape index (κ2) is 5.06. The van der Waals surface area contributed by atoms with Crippen LogP contribution in [0, 0.1) is 11.3 Å². The summed E-state index contributed by atoms with van der Waals surface area (Å²) in [4.78, 5) is 0. The van der Waals surface area contributed by atoms with Gasteiger partial charge in [-0.1, -0.05) is 36.2 Å². The molecule has 2 N–H and O–H groups in total. The first-order chi connectivity index (χ1) is 7.11. The van der Waals surface area contributed by atoms with Gasteiger partial charge in [-0.15, -0.1) is 0 Å². The predicted molar refractivity (Wildman–Crippen MR) is 63.5 cm³/mol. The Balaban J connectivity index is 3.41. The van der Waals surface area contributed by atoms with E-state index in [2.05, 4.69) is 0 Å². The van der Waals surface area contributed by atoms with Crippen molar-refractivity contribution in [3.63, 3.8) is 0 Å². The van der Waals surface area contributed by atoms with Crippen molar-refractivity contribution in [2.45, 2.75) is 13.3 Å². The second-order valence-electron chi connectivity index (χ2n) is 2.95. The SMILES string of the molecule is CC/C(C#N)=C(\N)c1c(Cl)cccc1Cl. The van der Waals surface area contributed by atoms with Gasteiger partial charge in [-0.2, -0.15) is 5.26 Å². The predicted octanol–water partition coefficient (Wildman–Crippen LogP) is 3.60. The third kappa shape index (κ3) is 2.44. The zero-order valence-corrected chi connectivity index (χ0v) is 9.73. The average Bonchev–Trinajstić information content (AvgIpc) is 2.19. The minimum absolute atomic E-state index is 0.357. The van der Waals surface area contributed by atoms with Crippen LogP contribution in [0.5, 0.6) is 0 Å². The summed E-state index contributed by atoms with van der Waals surface area (Å²) in [5.41, 5.74) is 7.24. The van der Waals surface area contributed by atoms with Crippen molar-refractivity contribution >= 4 is 28.9 Å². The standard InChI is InChI=1S/C11H10Cl2N2/c1-2-7(6-14)11(15)10-8(12)4-3-5-9(10)13/h3-5H,2,15H2,1H3/b11-7+. The second-order valence-corrected chi connectivity index (χ2v) is 3.77. The number of hydrogen-bond donors (Lipinski definition) is 1. The lowest BCUT2D eigenvalue weighted by Crippen LogP contribution is -2.02. The van der Waals surface area contributed by atoms with Gasteiger partial charge in [-0.3, -0.25) is 0 Å². The molecular formula is C11H10Cl2N2. The molecule has 4 heteroatoms. The van der Waals surface area contributed by atoms with Crippen molar-refractivity contribution in [3.8, 4) is 6.07 Å². The largest absolute Gasteiger partial charge is 0.397 e. The number of benzene rings is 1. The van der Waals surface area contributed by atoms with Crippen molar-refractivity contribution < 1.29 is 0 Å². The van der Waals surface area contributed by atoms with Crippen LogP contribution >= 0.6 is 23.2 Å². The van der Waals surface area contributed by atoms with E-state index in [9.17, 15) is 0 Å². The van der Waals surface area contributed by atoms with Gasteiger partial charge in [0.25, 0.3) is 0 Å². The lowest BCUT2D eigenvalue weighted by Gasteiger charge is -2.08. The van der Waals surface area contributed by atoms with Gasteiger partial charge in [-0.25, -0.2) is 0 Å². The molecule has 1 rings (SSSR count). The molecule has 0 radical (unpaired) electrons. The Morgan fingerprint density at radius 1 is 1.40 bits per heavy atom. The van der Waals surface area contributed by atoms with Crippen LogP contribution in [0.15, 0.2) is 23.8 Å². The molecule has 0 unspecified atom stereocenters. The summed E-state index contributed by atoms with van der Waals surface area (Å²) < 4.78 is 0. The van der Waals surface area contributed by atoms with Crippen LogP contribution in [0.2, 0.25) is 10.0 Å². The summed E-state index contributed by atoms with van der Waals surface area (Å²) >= 11 is 11.9. The summed E-state index contributed by atoms with van der Waals surface area (Å²) in [6.45, 7) is 1.86. The van der Waals surface area contributed by atoms with Gasteiger partial charge in [0.2, 0.25) is 0 Å². The van der Waals surface area contributed by atoms with Crippen molar-refractivity contribution in [2.75, 3.05) is 0 Å². The monoisotopic (exact) mass is 240 g/mol. The first kappa shape index (κ1) is 11.9. The Hall–Kier alpha value is -1.17. The third-order valence-electron chi connectivity index (χ3n) is 2.05. The lowest BCUT2D eigenvalue weighted by atomic mass is 10.1. The first-order valence-corrected chi connectivity index (χ1v) is 5.20. The number of hydrogen-bond acceptors (Lipinski definition) is 2. The van der Waals surface area contributed by atoms with Crippen LogP contribution in [0.25, 0.3) is 5.70 Å². The van der Waals surface area contributed by atoms with E-state index >= 15 is 0 Å². The van der Waals surface area contributed by atoms with Crippen LogP contribution in [-0.2, 0) is 0 Å². The number of nitriles is 1. The maximum atomic E-state index is 8.87. The summed E-state index contributed by atoms with van der Waals surface area (Å²) in [5.74, 6) is 0. The van der Waals surface area contributed by atoms with E-state index in [1.54, 1.807) is 18.2 Å². The molecule has 0 atom stereocenters. The fourth-order valence-corrected chi connectivity index (χ4v) is 1.84. The molecule has 2 nitrogen and oxygen atoms in total. The Morgan fingerprint density at radius 3 is 2.33 bits per heavy atom. The number of nitrogens with zero attached hydrogens (tertiary/aromatic N) is 1. The van der Waals surface area contributed by atoms with Crippen LogP contribution in [0.4, 0.5) is 0 Å². The van der Waals surface area contributed by atoms with E-state index in [-0.39, 0.29) is 0 Å². The number of allylic oxidation sites excluding steroid dienone is 1. The number of rotatable bonds is 2. The van der Waals surface area contributed by atoms with Crippen molar-refractivity contribution in [2.24, 2.45) is 5.73 Å².